The van der Waals surface area contributed by atoms with Crippen LogP contribution >= 0.6 is 11.6 Å². The molecule has 160 valence electrons. The van der Waals surface area contributed by atoms with E-state index in [2.05, 4.69) is 15.1 Å². The zero-order valence-corrected chi connectivity index (χ0v) is 19.2. The Labute approximate surface area is 182 Å². The minimum atomic E-state index is -3.58. The lowest BCUT2D eigenvalue weighted by Gasteiger charge is -2.31. The smallest absolute Gasteiger partial charge is 0.246 e. The van der Waals surface area contributed by atoms with E-state index < -0.39 is 10.0 Å². The molecule has 0 saturated carbocycles. The first kappa shape index (κ1) is 21.2. The second-order valence-corrected chi connectivity index (χ2v) is 10.5. The fourth-order valence-corrected chi connectivity index (χ4v) is 6.27. The molecular weight excluding hydrogens is 422 g/mol. The van der Waals surface area contributed by atoms with Crippen LogP contribution in [0.3, 0.4) is 0 Å². The summed E-state index contributed by atoms with van der Waals surface area (Å²) in [4.78, 5) is 9.34. The maximum Gasteiger partial charge on any atom is 0.246 e. The fraction of sp³-hybridized carbons (Fsp3) is 0.476. The molecule has 0 bridgehead atoms. The average molecular weight is 448 g/mol. The van der Waals surface area contributed by atoms with Crippen molar-refractivity contribution in [3.63, 3.8) is 0 Å². The van der Waals surface area contributed by atoms with Crippen LogP contribution in [0.5, 0.6) is 0 Å². The zero-order chi connectivity index (χ0) is 21.6. The second-order valence-electron chi connectivity index (χ2n) is 8.15. The van der Waals surface area contributed by atoms with E-state index in [-0.39, 0.29) is 12.0 Å². The average Bonchev–Trinajstić information content (AvgIpc) is 3.02. The zero-order valence-electron chi connectivity index (χ0n) is 17.6. The third-order valence-electron chi connectivity index (χ3n) is 5.75. The highest BCUT2D eigenvalue weighted by molar-refractivity contribution is 7.89. The second kappa shape index (κ2) is 7.90. The summed E-state index contributed by atoms with van der Waals surface area (Å²) in [6, 6.07) is 5.93. The van der Waals surface area contributed by atoms with Crippen LogP contribution in [0.1, 0.15) is 55.7 Å². The molecule has 7 nitrogen and oxygen atoms in total. The summed E-state index contributed by atoms with van der Waals surface area (Å²) < 4.78 is 30.1. The number of rotatable bonds is 4. The first-order valence-electron chi connectivity index (χ1n) is 10.2. The lowest BCUT2D eigenvalue weighted by Crippen LogP contribution is -2.38. The summed E-state index contributed by atoms with van der Waals surface area (Å²) in [5.41, 5.74) is 2.88. The van der Waals surface area contributed by atoms with Gasteiger partial charge < -0.3 is 0 Å². The third kappa shape index (κ3) is 3.72. The van der Waals surface area contributed by atoms with E-state index in [0.29, 0.717) is 40.0 Å². The Kier molecular flexibility index (Phi) is 5.59. The highest BCUT2D eigenvalue weighted by Crippen LogP contribution is 2.32. The van der Waals surface area contributed by atoms with Crippen molar-refractivity contribution in [2.45, 2.75) is 57.4 Å². The summed E-state index contributed by atoms with van der Waals surface area (Å²) in [5, 5.41) is 5.94. The van der Waals surface area contributed by atoms with Gasteiger partial charge in [0, 0.05) is 42.3 Å². The minimum absolute atomic E-state index is 0.112. The standard InChI is InChI=1S/C21H26ClN5O2S/c1-13(2)27-15(4)20(14(3)25-27)30(28,29)26-9-7-16(8-10-26)19-6-5-17-11-18(22)12-23-21(17)24-19/h5-6,11-13,16H,7-10H2,1-4H3. The Morgan fingerprint density at radius 2 is 1.87 bits per heavy atom. The third-order valence-corrected chi connectivity index (χ3v) is 8.11. The van der Waals surface area contributed by atoms with E-state index in [1.165, 1.54) is 0 Å². The number of aryl methyl sites for hydroxylation is 1. The van der Waals surface area contributed by atoms with Crippen molar-refractivity contribution in [2.75, 3.05) is 13.1 Å². The van der Waals surface area contributed by atoms with Gasteiger partial charge in [0.15, 0.2) is 5.65 Å². The molecule has 0 atom stereocenters. The van der Waals surface area contributed by atoms with E-state index in [4.69, 9.17) is 11.6 Å². The molecule has 0 radical (unpaired) electrons. The monoisotopic (exact) mass is 447 g/mol. The lowest BCUT2D eigenvalue weighted by molar-refractivity contribution is 0.316. The maximum absolute atomic E-state index is 13.3. The number of pyridine rings is 2. The van der Waals surface area contributed by atoms with Crippen LogP contribution in [0.2, 0.25) is 5.02 Å². The largest absolute Gasteiger partial charge is 0.266 e. The molecular formula is C21H26ClN5O2S. The summed E-state index contributed by atoms with van der Waals surface area (Å²) in [7, 11) is -3.58. The van der Waals surface area contributed by atoms with Gasteiger partial charge in [-0.25, -0.2) is 18.4 Å². The van der Waals surface area contributed by atoms with Gasteiger partial charge in [-0.15, -0.1) is 0 Å². The van der Waals surface area contributed by atoms with E-state index >= 15 is 0 Å². The number of hydrogen-bond donors (Lipinski definition) is 0. The van der Waals surface area contributed by atoms with Gasteiger partial charge in [0.2, 0.25) is 10.0 Å². The summed E-state index contributed by atoms with van der Waals surface area (Å²) in [5.74, 6) is 0.207. The molecule has 1 fully saturated rings. The molecule has 3 aromatic rings. The van der Waals surface area contributed by atoms with Crippen molar-refractivity contribution < 1.29 is 8.42 Å². The summed E-state index contributed by atoms with van der Waals surface area (Å²) in [6.07, 6.45) is 3.04. The van der Waals surface area contributed by atoms with Gasteiger partial charge in [-0.2, -0.15) is 9.40 Å². The molecule has 0 spiro atoms. The highest BCUT2D eigenvalue weighted by atomic mass is 35.5. The number of fused-ring (bicyclic) bond motifs is 1. The summed E-state index contributed by atoms with van der Waals surface area (Å²) >= 11 is 6.00. The Hall–Kier alpha value is -2.03. The van der Waals surface area contributed by atoms with Gasteiger partial charge >= 0.3 is 0 Å². The topological polar surface area (TPSA) is 81.0 Å². The van der Waals surface area contributed by atoms with Crippen molar-refractivity contribution in [3.05, 3.63) is 46.5 Å². The molecule has 30 heavy (non-hydrogen) atoms. The molecule has 4 rings (SSSR count). The molecule has 0 aromatic carbocycles. The number of aromatic nitrogens is 4. The predicted molar refractivity (Wildman–Crippen MR) is 117 cm³/mol. The van der Waals surface area contributed by atoms with Crippen LogP contribution in [0.15, 0.2) is 29.3 Å². The molecule has 1 aliphatic rings. The van der Waals surface area contributed by atoms with E-state index in [9.17, 15) is 8.42 Å². The van der Waals surface area contributed by atoms with Gasteiger partial charge in [0.1, 0.15) is 4.90 Å². The van der Waals surface area contributed by atoms with Gasteiger partial charge in [-0.3, -0.25) is 4.68 Å². The van der Waals surface area contributed by atoms with E-state index in [1.807, 2.05) is 39.0 Å². The van der Waals surface area contributed by atoms with Crippen LogP contribution in [-0.2, 0) is 10.0 Å². The van der Waals surface area contributed by atoms with Crippen molar-refractivity contribution in [3.8, 4) is 0 Å². The fourth-order valence-electron chi connectivity index (χ4n) is 4.27. The molecule has 4 heterocycles. The Morgan fingerprint density at radius 1 is 1.17 bits per heavy atom. The molecule has 1 aliphatic heterocycles. The van der Waals surface area contributed by atoms with Crippen LogP contribution in [0.25, 0.3) is 11.0 Å². The molecule has 0 aliphatic carbocycles. The number of nitrogens with zero attached hydrogens (tertiary/aromatic N) is 5. The molecule has 1 saturated heterocycles. The quantitative estimate of drug-likeness (QED) is 0.597. The highest BCUT2D eigenvalue weighted by Gasteiger charge is 2.34. The van der Waals surface area contributed by atoms with Crippen LogP contribution in [0.4, 0.5) is 0 Å². The normalized spacial score (nSPS) is 16.6. The Morgan fingerprint density at radius 3 is 2.50 bits per heavy atom. The molecule has 9 heteroatoms. The number of piperidine rings is 1. The van der Waals surface area contributed by atoms with Gasteiger partial charge in [-0.05, 0) is 58.7 Å². The van der Waals surface area contributed by atoms with Gasteiger partial charge in [-0.1, -0.05) is 11.6 Å². The predicted octanol–water partition coefficient (Wildman–Crippen LogP) is 4.25. The number of halogens is 1. The van der Waals surface area contributed by atoms with E-state index in [1.54, 1.807) is 22.1 Å². The van der Waals surface area contributed by atoms with Gasteiger partial charge in [0.25, 0.3) is 0 Å². The van der Waals surface area contributed by atoms with Crippen LogP contribution in [0, 0.1) is 13.8 Å². The Balaban J connectivity index is 1.54. The Bertz CT molecular complexity index is 1200. The van der Waals surface area contributed by atoms with Gasteiger partial charge in [0.05, 0.1) is 16.4 Å². The van der Waals surface area contributed by atoms with E-state index in [0.717, 1.165) is 23.9 Å². The molecule has 0 unspecified atom stereocenters. The van der Waals surface area contributed by atoms with Crippen LogP contribution < -0.4 is 0 Å². The molecule has 3 aromatic heterocycles. The van der Waals surface area contributed by atoms with Crippen LogP contribution in [-0.4, -0.2) is 45.6 Å². The SMILES string of the molecule is Cc1nn(C(C)C)c(C)c1S(=O)(=O)N1CCC(c2ccc3cc(Cl)cnc3n2)CC1. The maximum atomic E-state index is 13.3. The van der Waals surface area contributed by atoms with Crippen molar-refractivity contribution in [2.24, 2.45) is 0 Å². The van der Waals surface area contributed by atoms with Crippen molar-refractivity contribution in [1.82, 2.24) is 24.1 Å². The first-order valence-corrected chi connectivity index (χ1v) is 12.0. The lowest BCUT2D eigenvalue weighted by atomic mass is 9.94. The van der Waals surface area contributed by atoms with Crippen molar-refractivity contribution in [1.29, 1.82) is 0 Å². The number of sulfonamides is 1. The summed E-state index contributed by atoms with van der Waals surface area (Å²) in [6.45, 7) is 8.53. The first-order chi connectivity index (χ1) is 14.2. The minimum Gasteiger partial charge on any atom is -0.266 e. The van der Waals surface area contributed by atoms with Crippen molar-refractivity contribution >= 4 is 32.7 Å². The number of hydrogen-bond acceptors (Lipinski definition) is 5. The molecule has 0 N–H and O–H groups in total. The molecule has 0 amide bonds.